The molecule has 0 aliphatic carbocycles. The van der Waals surface area contributed by atoms with Crippen LogP contribution in [0.25, 0.3) is 11.0 Å². The van der Waals surface area contributed by atoms with E-state index in [1.54, 1.807) is 0 Å². The molecule has 0 aliphatic heterocycles. The van der Waals surface area contributed by atoms with E-state index in [9.17, 15) is 14.4 Å². The Labute approximate surface area is 175 Å². The number of benzene rings is 2. The molecule has 0 radical (unpaired) electrons. The van der Waals surface area contributed by atoms with Gasteiger partial charge >= 0.3 is 5.97 Å². The Bertz CT molecular complexity index is 1070. The van der Waals surface area contributed by atoms with E-state index in [0.717, 1.165) is 22.1 Å². The molecule has 1 amide bonds. The van der Waals surface area contributed by atoms with E-state index in [1.807, 2.05) is 56.3 Å². The van der Waals surface area contributed by atoms with E-state index in [-0.39, 0.29) is 12.2 Å². The highest BCUT2D eigenvalue weighted by molar-refractivity contribution is 5.90. The number of fused-ring (bicyclic) bond motifs is 1. The van der Waals surface area contributed by atoms with Crippen molar-refractivity contribution in [2.45, 2.75) is 39.7 Å². The lowest BCUT2D eigenvalue weighted by molar-refractivity contribution is -0.148. The van der Waals surface area contributed by atoms with Gasteiger partial charge in [-0.2, -0.15) is 0 Å². The van der Waals surface area contributed by atoms with Crippen molar-refractivity contribution in [3.63, 3.8) is 0 Å². The zero-order valence-electron chi connectivity index (χ0n) is 17.4. The number of aryl methyl sites for hydroxylation is 2. The minimum absolute atomic E-state index is 0.00291. The van der Waals surface area contributed by atoms with Crippen LogP contribution in [0.2, 0.25) is 0 Å². The molecule has 0 bridgehead atoms. The minimum atomic E-state index is -0.664. The van der Waals surface area contributed by atoms with Crippen LogP contribution in [-0.4, -0.2) is 30.3 Å². The summed E-state index contributed by atoms with van der Waals surface area (Å²) in [6.45, 7) is 4.98. The standard InChI is InChI=1S/C24H25NO5/c1-15-9-20-19(13-29-22(20)10-16(15)2)12-24(28)30-14-23(27)25-21(17(3)26)11-18-7-5-4-6-8-18/h4-10,13,21H,11-12,14H2,1-3H3,(H,25,27)/t21-/m0/s1. The van der Waals surface area contributed by atoms with Gasteiger partial charge in [0, 0.05) is 10.9 Å². The third-order valence-electron chi connectivity index (χ3n) is 5.08. The molecule has 1 heterocycles. The zero-order valence-corrected chi connectivity index (χ0v) is 17.4. The van der Waals surface area contributed by atoms with Gasteiger partial charge in [0.25, 0.3) is 5.91 Å². The first kappa shape index (κ1) is 21.3. The maximum Gasteiger partial charge on any atom is 0.310 e. The molecule has 3 rings (SSSR count). The van der Waals surface area contributed by atoms with Gasteiger partial charge in [0.2, 0.25) is 0 Å². The monoisotopic (exact) mass is 407 g/mol. The Kier molecular flexibility index (Phi) is 6.67. The first-order valence-electron chi connectivity index (χ1n) is 9.80. The summed E-state index contributed by atoms with van der Waals surface area (Å²) in [5.41, 5.74) is 4.57. The second-order valence-corrected chi connectivity index (χ2v) is 7.45. The van der Waals surface area contributed by atoms with Crippen molar-refractivity contribution >= 4 is 28.6 Å². The van der Waals surface area contributed by atoms with Crippen LogP contribution in [-0.2, 0) is 32.0 Å². The quantitative estimate of drug-likeness (QED) is 0.578. The molecule has 0 fully saturated rings. The van der Waals surface area contributed by atoms with Gasteiger partial charge in [-0.15, -0.1) is 0 Å². The summed E-state index contributed by atoms with van der Waals surface area (Å²) in [6, 6.07) is 12.7. The van der Waals surface area contributed by atoms with Crippen molar-refractivity contribution in [1.82, 2.24) is 5.32 Å². The highest BCUT2D eigenvalue weighted by Crippen LogP contribution is 2.25. The van der Waals surface area contributed by atoms with Gasteiger partial charge < -0.3 is 14.5 Å². The van der Waals surface area contributed by atoms with Crippen molar-refractivity contribution in [1.29, 1.82) is 0 Å². The first-order chi connectivity index (χ1) is 14.3. The van der Waals surface area contributed by atoms with Crippen LogP contribution >= 0.6 is 0 Å². The van der Waals surface area contributed by atoms with Gasteiger partial charge in [0.05, 0.1) is 18.7 Å². The van der Waals surface area contributed by atoms with Crippen LogP contribution in [0.4, 0.5) is 0 Å². The summed E-state index contributed by atoms with van der Waals surface area (Å²) in [6.07, 6.45) is 1.93. The Morgan fingerprint density at radius 1 is 1.07 bits per heavy atom. The van der Waals surface area contributed by atoms with Gasteiger partial charge in [0.1, 0.15) is 5.58 Å². The molecule has 3 aromatic rings. The minimum Gasteiger partial charge on any atom is -0.464 e. The van der Waals surface area contributed by atoms with Crippen molar-refractivity contribution in [3.05, 3.63) is 71.0 Å². The number of carbonyl (C=O) groups is 3. The molecule has 1 aromatic heterocycles. The fraction of sp³-hybridized carbons (Fsp3) is 0.292. The highest BCUT2D eigenvalue weighted by atomic mass is 16.5. The fourth-order valence-corrected chi connectivity index (χ4v) is 3.21. The van der Waals surface area contributed by atoms with Crippen LogP contribution in [0.1, 0.15) is 29.2 Å². The SMILES string of the molecule is CC(=O)[C@H](Cc1ccccc1)NC(=O)COC(=O)Cc1coc2cc(C)c(C)cc12. The van der Waals surface area contributed by atoms with E-state index < -0.39 is 24.5 Å². The molecule has 0 saturated heterocycles. The molecule has 2 aromatic carbocycles. The summed E-state index contributed by atoms with van der Waals surface area (Å²) < 4.78 is 10.6. The molecule has 0 spiro atoms. The van der Waals surface area contributed by atoms with Crippen LogP contribution in [0.15, 0.2) is 53.1 Å². The van der Waals surface area contributed by atoms with Crippen molar-refractivity contribution < 1.29 is 23.5 Å². The number of hydrogen-bond donors (Lipinski definition) is 1. The topological polar surface area (TPSA) is 85.6 Å². The number of furan rings is 1. The smallest absolute Gasteiger partial charge is 0.310 e. The van der Waals surface area contributed by atoms with E-state index in [2.05, 4.69) is 5.32 Å². The first-order valence-corrected chi connectivity index (χ1v) is 9.80. The zero-order chi connectivity index (χ0) is 21.7. The van der Waals surface area contributed by atoms with Crippen molar-refractivity contribution in [2.24, 2.45) is 0 Å². The van der Waals surface area contributed by atoms with Gasteiger partial charge in [-0.05, 0) is 56.0 Å². The molecular weight excluding hydrogens is 382 g/mol. The summed E-state index contributed by atoms with van der Waals surface area (Å²) in [5.74, 6) is -1.20. The molecule has 6 heteroatoms. The molecular formula is C24H25NO5. The van der Waals surface area contributed by atoms with Crippen molar-refractivity contribution in [3.8, 4) is 0 Å². The largest absolute Gasteiger partial charge is 0.464 e. The second kappa shape index (κ2) is 9.39. The van der Waals surface area contributed by atoms with Gasteiger partial charge in [0.15, 0.2) is 12.4 Å². The summed E-state index contributed by atoms with van der Waals surface area (Å²) >= 11 is 0. The lowest BCUT2D eigenvalue weighted by Crippen LogP contribution is -2.43. The third-order valence-corrected chi connectivity index (χ3v) is 5.08. The molecule has 6 nitrogen and oxygen atoms in total. The predicted molar refractivity (Wildman–Crippen MR) is 113 cm³/mol. The number of esters is 1. The fourth-order valence-electron chi connectivity index (χ4n) is 3.21. The van der Waals surface area contributed by atoms with Gasteiger partial charge in [-0.3, -0.25) is 14.4 Å². The molecule has 1 atom stereocenters. The van der Waals surface area contributed by atoms with Gasteiger partial charge in [-0.25, -0.2) is 0 Å². The van der Waals surface area contributed by atoms with E-state index in [4.69, 9.17) is 9.15 Å². The molecule has 0 unspecified atom stereocenters. The molecule has 1 N–H and O–H groups in total. The average Bonchev–Trinajstić information content (AvgIpc) is 3.08. The number of amides is 1. The molecule has 0 aliphatic rings. The maximum atomic E-state index is 12.2. The van der Waals surface area contributed by atoms with Crippen LogP contribution < -0.4 is 5.32 Å². The number of ether oxygens (including phenoxy) is 1. The van der Waals surface area contributed by atoms with E-state index in [0.29, 0.717) is 17.6 Å². The molecule has 30 heavy (non-hydrogen) atoms. The van der Waals surface area contributed by atoms with Crippen LogP contribution in [0.5, 0.6) is 0 Å². The summed E-state index contributed by atoms with van der Waals surface area (Å²) in [4.78, 5) is 36.3. The number of rotatable bonds is 8. The summed E-state index contributed by atoms with van der Waals surface area (Å²) in [5, 5.41) is 3.50. The Morgan fingerprint density at radius 2 is 1.77 bits per heavy atom. The second-order valence-electron chi connectivity index (χ2n) is 7.45. The Balaban J connectivity index is 1.54. The van der Waals surface area contributed by atoms with Crippen LogP contribution in [0.3, 0.4) is 0 Å². The predicted octanol–water partition coefficient (Wildman–Crippen LogP) is 3.45. The highest BCUT2D eigenvalue weighted by Gasteiger charge is 2.19. The third kappa shape index (κ3) is 5.35. The van der Waals surface area contributed by atoms with Crippen LogP contribution in [0, 0.1) is 13.8 Å². The Hall–Kier alpha value is -3.41. The number of ketones is 1. The normalized spacial score (nSPS) is 11.8. The number of nitrogens with one attached hydrogen (secondary N) is 1. The van der Waals surface area contributed by atoms with Gasteiger partial charge in [-0.1, -0.05) is 30.3 Å². The molecule has 156 valence electrons. The molecule has 0 saturated carbocycles. The maximum absolute atomic E-state index is 12.2. The number of carbonyl (C=O) groups excluding carboxylic acids is 3. The lowest BCUT2D eigenvalue weighted by Gasteiger charge is -2.16. The average molecular weight is 407 g/mol. The summed E-state index contributed by atoms with van der Waals surface area (Å²) in [7, 11) is 0. The van der Waals surface area contributed by atoms with E-state index >= 15 is 0 Å². The number of hydrogen-bond acceptors (Lipinski definition) is 5. The number of Topliss-reactive ketones (excluding diaryl/α,β-unsaturated/α-hetero) is 1. The van der Waals surface area contributed by atoms with Crippen molar-refractivity contribution in [2.75, 3.05) is 6.61 Å². The van der Waals surface area contributed by atoms with E-state index in [1.165, 1.54) is 13.2 Å². The Morgan fingerprint density at radius 3 is 2.47 bits per heavy atom. The lowest BCUT2D eigenvalue weighted by atomic mass is 10.0.